The van der Waals surface area contributed by atoms with Crippen LogP contribution in [0.5, 0.6) is 5.75 Å². The van der Waals surface area contributed by atoms with Crippen molar-refractivity contribution in [2.24, 2.45) is 4.99 Å². The summed E-state index contributed by atoms with van der Waals surface area (Å²) >= 11 is 6.99. The summed E-state index contributed by atoms with van der Waals surface area (Å²) in [6, 6.07) is 22.7. The molecule has 3 rings (SSSR count). The molecule has 0 heterocycles. The van der Waals surface area contributed by atoms with E-state index < -0.39 is 0 Å². The molecular weight excluding hydrogens is 472 g/mol. The molecule has 0 fully saturated rings. The largest absolute Gasteiger partial charge is 0.481 e. The van der Waals surface area contributed by atoms with Gasteiger partial charge in [0.05, 0.1) is 14.6 Å². The lowest BCUT2D eigenvalue weighted by atomic mass is 10.2. The van der Waals surface area contributed by atoms with Gasteiger partial charge in [0, 0.05) is 11.9 Å². The van der Waals surface area contributed by atoms with Gasteiger partial charge in [0.2, 0.25) is 0 Å². The van der Waals surface area contributed by atoms with Gasteiger partial charge in [-0.3, -0.25) is 9.79 Å². The van der Waals surface area contributed by atoms with Crippen molar-refractivity contribution in [3.8, 4) is 5.75 Å². The molecule has 0 radical (unpaired) electrons. The number of hydrogen-bond acceptors (Lipinski definition) is 3. The van der Waals surface area contributed by atoms with Gasteiger partial charge in [0.1, 0.15) is 5.75 Å². The summed E-state index contributed by atoms with van der Waals surface area (Å²) in [6.07, 6.45) is 1.77. The van der Waals surface area contributed by atoms with Gasteiger partial charge in [-0.2, -0.15) is 0 Å². The standard InChI is InChI=1S/C21H16Br2N2O2/c22-18-11-15(13-24-16-7-3-1-4-8-16)12-19(23)21(18)27-14-20(26)25-17-9-5-2-6-10-17/h1-13H,14H2,(H,25,26). The molecule has 0 aliphatic heterocycles. The number of nitrogens with zero attached hydrogens (tertiary/aromatic N) is 1. The highest BCUT2D eigenvalue weighted by atomic mass is 79.9. The van der Waals surface area contributed by atoms with Gasteiger partial charge in [-0.05, 0) is 73.8 Å². The van der Waals surface area contributed by atoms with Crippen molar-refractivity contribution in [1.29, 1.82) is 0 Å². The van der Waals surface area contributed by atoms with E-state index >= 15 is 0 Å². The Labute approximate surface area is 174 Å². The first-order valence-electron chi connectivity index (χ1n) is 8.17. The molecule has 1 N–H and O–H groups in total. The minimum Gasteiger partial charge on any atom is -0.481 e. The zero-order valence-electron chi connectivity index (χ0n) is 14.2. The summed E-state index contributed by atoms with van der Waals surface area (Å²) in [5.41, 5.74) is 2.51. The predicted molar refractivity (Wildman–Crippen MR) is 116 cm³/mol. The molecular formula is C21H16Br2N2O2. The lowest BCUT2D eigenvalue weighted by Gasteiger charge is -2.11. The Morgan fingerprint density at radius 2 is 1.56 bits per heavy atom. The van der Waals surface area contributed by atoms with Crippen LogP contribution in [-0.2, 0) is 4.79 Å². The maximum absolute atomic E-state index is 12.0. The molecule has 0 saturated carbocycles. The van der Waals surface area contributed by atoms with Gasteiger partial charge in [-0.1, -0.05) is 36.4 Å². The van der Waals surface area contributed by atoms with E-state index in [1.807, 2.05) is 72.8 Å². The topological polar surface area (TPSA) is 50.7 Å². The molecule has 0 unspecified atom stereocenters. The molecule has 0 aromatic heterocycles. The first-order chi connectivity index (χ1) is 13.1. The zero-order chi connectivity index (χ0) is 19.1. The van der Waals surface area contributed by atoms with Crippen molar-refractivity contribution < 1.29 is 9.53 Å². The highest BCUT2D eigenvalue weighted by Gasteiger charge is 2.11. The molecule has 3 aromatic rings. The molecule has 0 atom stereocenters. The van der Waals surface area contributed by atoms with Gasteiger partial charge < -0.3 is 10.1 Å². The van der Waals surface area contributed by atoms with Crippen molar-refractivity contribution in [2.45, 2.75) is 0 Å². The summed E-state index contributed by atoms with van der Waals surface area (Å²) in [7, 11) is 0. The number of amides is 1. The van der Waals surface area contributed by atoms with Crippen LogP contribution in [0.25, 0.3) is 0 Å². The van der Waals surface area contributed by atoms with Gasteiger partial charge in [-0.25, -0.2) is 0 Å². The lowest BCUT2D eigenvalue weighted by Crippen LogP contribution is -2.20. The van der Waals surface area contributed by atoms with Crippen LogP contribution < -0.4 is 10.1 Å². The first-order valence-corrected chi connectivity index (χ1v) is 9.76. The van der Waals surface area contributed by atoms with Crippen LogP contribution in [0.4, 0.5) is 11.4 Å². The number of para-hydroxylation sites is 2. The van der Waals surface area contributed by atoms with Crippen LogP contribution in [0.3, 0.4) is 0 Å². The number of ether oxygens (including phenoxy) is 1. The Balaban J connectivity index is 1.64. The SMILES string of the molecule is O=C(COc1c(Br)cc(C=Nc2ccccc2)cc1Br)Nc1ccccc1. The molecule has 0 aliphatic carbocycles. The number of halogens is 2. The quantitative estimate of drug-likeness (QED) is 0.435. The van der Waals surface area contributed by atoms with E-state index in [0.717, 1.165) is 25.9 Å². The average Bonchev–Trinajstić information content (AvgIpc) is 2.67. The number of carbonyl (C=O) groups is 1. The summed E-state index contributed by atoms with van der Waals surface area (Å²) in [6.45, 7) is -0.0937. The van der Waals surface area contributed by atoms with E-state index in [2.05, 4.69) is 42.2 Å². The van der Waals surface area contributed by atoms with E-state index in [9.17, 15) is 4.79 Å². The summed E-state index contributed by atoms with van der Waals surface area (Å²) in [4.78, 5) is 16.5. The molecule has 27 heavy (non-hydrogen) atoms. The molecule has 136 valence electrons. The van der Waals surface area contributed by atoms with E-state index in [4.69, 9.17) is 4.74 Å². The van der Waals surface area contributed by atoms with Crippen molar-refractivity contribution in [2.75, 3.05) is 11.9 Å². The highest BCUT2D eigenvalue weighted by molar-refractivity contribution is 9.11. The number of anilines is 1. The van der Waals surface area contributed by atoms with Gasteiger partial charge in [0.15, 0.2) is 6.61 Å². The predicted octanol–water partition coefficient (Wildman–Crippen LogP) is 5.98. The van der Waals surface area contributed by atoms with Gasteiger partial charge in [0.25, 0.3) is 5.91 Å². The van der Waals surface area contributed by atoms with Crippen LogP contribution in [0.2, 0.25) is 0 Å². The van der Waals surface area contributed by atoms with Gasteiger partial charge >= 0.3 is 0 Å². The third-order valence-corrected chi connectivity index (χ3v) is 4.72. The van der Waals surface area contributed by atoms with Crippen LogP contribution in [0, 0.1) is 0 Å². The van der Waals surface area contributed by atoms with Crippen molar-refractivity contribution in [3.05, 3.63) is 87.3 Å². The van der Waals surface area contributed by atoms with E-state index in [0.29, 0.717) is 5.75 Å². The molecule has 3 aromatic carbocycles. The Kier molecular flexibility index (Phi) is 6.79. The highest BCUT2D eigenvalue weighted by Crippen LogP contribution is 2.34. The second-order valence-corrected chi connectivity index (χ2v) is 7.32. The third-order valence-electron chi connectivity index (χ3n) is 3.54. The molecule has 4 nitrogen and oxygen atoms in total. The molecule has 0 spiro atoms. The number of benzene rings is 3. The Hall–Kier alpha value is -2.44. The molecule has 0 bridgehead atoms. The van der Waals surface area contributed by atoms with E-state index in [1.165, 1.54) is 0 Å². The molecule has 0 saturated heterocycles. The van der Waals surface area contributed by atoms with Crippen LogP contribution in [-0.4, -0.2) is 18.7 Å². The second kappa shape index (κ2) is 9.48. The van der Waals surface area contributed by atoms with Crippen LogP contribution in [0.15, 0.2) is 86.7 Å². The Morgan fingerprint density at radius 3 is 2.19 bits per heavy atom. The fourth-order valence-electron chi connectivity index (χ4n) is 2.31. The van der Waals surface area contributed by atoms with E-state index in [1.54, 1.807) is 6.21 Å². The third kappa shape index (κ3) is 5.77. The fraction of sp³-hybridized carbons (Fsp3) is 0.0476. The maximum Gasteiger partial charge on any atom is 0.262 e. The number of aliphatic imine (C=N–C) groups is 1. The average molecular weight is 488 g/mol. The minimum absolute atomic E-state index is 0.0937. The smallest absolute Gasteiger partial charge is 0.262 e. The number of carbonyl (C=O) groups excluding carboxylic acids is 1. The minimum atomic E-state index is -0.227. The summed E-state index contributed by atoms with van der Waals surface area (Å²) < 4.78 is 7.14. The van der Waals surface area contributed by atoms with Crippen LogP contribution >= 0.6 is 31.9 Å². The maximum atomic E-state index is 12.0. The van der Waals surface area contributed by atoms with Crippen molar-refractivity contribution >= 4 is 55.4 Å². The Morgan fingerprint density at radius 1 is 0.963 bits per heavy atom. The first kappa shape index (κ1) is 19.3. The zero-order valence-corrected chi connectivity index (χ0v) is 17.4. The van der Waals surface area contributed by atoms with Gasteiger partial charge in [-0.15, -0.1) is 0 Å². The molecule has 6 heteroatoms. The Bertz CT molecular complexity index is 922. The second-order valence-electron chi connectivity index (χ2n) is 5.61. The number of hydrogen-bond donors (Lipinski definition) is 1. The van der Waals surface area contributed by atoms with Crippen molar-refractivity contribution in [1.82, 2.24) is 0 Å². The van der Waals surface area contributed by atoms with Crippen molar-refractivity contribution in [3.63, 3.8) is 0 Å². The van der Waals surface area contributed by atoms with Crippen LogP contribution in [0.1, 0.15) is 5.56 Å². The molecule has 1 amide bonds. The normalized spacial score (nSPS) is 10.7. The molecule has 0 aliphatic rings. The van der Waals surface area contributed by atoms with E-state index in [-0.39, 0.29) is 12.5 Å². The number of nitrogens with one attached hydrogen (secondary N) is 1. The number of rotatable bonds is 6. The summed E-state index contributed by atoms with van der Waals surface area (Å²) in [5.74, 6) is 0.338. The summed E-state index contributed by atoms with van der Waals surface area (Å²) in [5, 5.41) is 2.79. The fourth-order valence-corrected chi connectivity index (χ4v) is 3.76. The monoisotopic (exact) mass is 486 g/mol. The lowest BCUT2D eigenvalue weighted by molar-refractivity contribution is -0.118.